The van der Waals surface area contributed by atoms with Crippen LogP contribution in [0.4, 0.5) is 0 Å². The molecule has 2 rings (SSSR count). The molecule has 0 radical (unpaired) electrons. The molecule has 2 fully saturated rings. The molecule has 1 spiro atoms. The quantitative estimate of drug-likeness (QED) is 0.603. The van der Waals surface area contributed by atoms with Gasteiger partial charge in [0.1, 0.15) is 0 Å². The molecule has 0 unspecified atom stereocenters. The van der Waals surface area contributed by atoms with Crippen molar-refractivity contribution in [2.24, 2.45) is 11.1 Å². The molecule has 2 nitrogen and oxygen atoms in total. The minimum Gasteiger partial charge on any atom is -0.376 e. The van der Waals surface area contributed by atoms with Gasteiger partial charge in [-0.3, -0.25) is 0 Å². The molecule has 0 aromatic rings. The Kier molecular flexibility index (Phi) is 2.45. The van der Waals surface area contributed by atoms with Gasteiger partial charge in [0, 0.05) is 13.1 Å². The van der Waals surface area contributed by atoms with Crippen LogP contribution in [0.5, 0.6) is 0 Å². The first-order valence-electron chi connectivity index (χ1n) is 5.26. The van der Waals surface area contributed by atoms with Crippen LogP contribution in [0.2, 0.25) is 0 Å². The summed E-state index contributed by atoms with van der Waals surface area (Å²) in [5.41, 5.74) is 6.29. The van der Waals surface area contributed by atoms with Gasteiger partial charge >= 0.3 is 0 Å². The van der Waals surface area contributed by atoms with Gasteiger partial charge in [0.25, 0.3) is 0 Å². The van der Waals surface area contributed by atoms with E-state index in [-0.39, 0.29) is 0 Å². The van der Waals surface area contributed by atoms with Crippen LogP contribution in [0.25, 0.3) is 0 Å². The molecule has 0 amide bonds. The van der Waals surface area contributed by atoms with Crippen molar-refractivity contribution in [3.05, 3.63) is 0 Å². The normalized spacial score (nSPS) is 26.6. The van der Waals surface area contributed by atoms with E-state index >= 15 is 0 Å². The summed E-state index contributed by atoms with van der Waals surface area (Å²) in [5.74, 6) is 0. The third kappa shape index (κ3) is 1.80. The average molecular weight is 198 g/mol. The fourth-order valence-corrected chi connectivity index (χ4v) is 3.01. The van der Waals surface area contributed by atoms with Crippen LogP contribution < -0.4 is 5.73 Å². The third-order valence-electron chi connectivity index (χ3n) is 3.80. The highest BCUT2D eigenvalue weighted by atomic mass is 32.1. The minimum absolute atomic E-state index is 0.591. The molecule has 2 N–H and O–H groups in total. The van der Waals surface area contributed by atoms with E-state index in [1.807, 2.05) is 0 Å². The van der Waals surface area contributed by atoms with Crippen molar-refractivity contribution in [1.29, 1.82) is 0 Å². The van der Waals surface area contributed by atoms with E-state index in [4.69, 9.17) is 18.0 Å². The van der Waals surface area contributed by atoms with E-state index in [0.29, 0.717) is 10.5 Å². The lowest BCUT2D eigenvalue weighted by Gasteiger charge is -2.39. The number of rotatable bonds is 0. The van der Waals surface area contributed by atoms with Crippen molar-refractivity contribution in [3.8, 4) is 0 Å². The summed E-state index contributed by atoms with van der Waals surface area (Å²) in [7, 11) is 0. The molecule has 74 valence electrons. The molecule has 1 aliphatic carbocycles. The van der Waals surface area contributed by atoms with Gasteiger partial charge in [-0.25, -0.2) is 0 Å². The highest BCUT2D eigenvalue weighted by Gasteiger charge is 2.36. The summed E-state index contributed by atoms with van der Waals surface area (Å²) < 4.78 is 0. The monoisotopic (exact) mass is 198 g/mol. The Morgan fingerprint density at radius 2 is 1.62 bits per heavy atom. The zero-order chi connectivity index (χ0) is 9.31. The van der Waals surface area contributed by atoms with Crippen LogP contribution in [-0.2, 0) is 0 Å². The molecule has 1 saturated heterocycles. The van der Waals surface area contributed by atoms with E-state index in [1.54, 1.807) is 0 Å². The Morgan fingerprint density at radius 1 is 1.08 bits per heavy atom. The molecule has 0 aromatic heterocycles. The molecule has 2 aliphatic rings. The van der Waals surface area contributed by atoms with Crippen LogP contribution in [0.15, 0.2) is 0 Å². The van der Waals surface area contributed by atoms with Crippen molar-refractivity contribution < 1.29 is 0 Å². The summed E-state index contributed by atoms with van der Waals surface area (Å²) >= 11 is 4.98. The first kappa shape index (κ1) is 9.25. The molecule has 0 atom stereocenters. The number of hydrogen-bond acceptors (Lipinski definition) is 1. The van der Waals surface area contributed by atoms with Crippen LogP contribution >= 0.6 is 12.2 Å². The Balaban J connectivity index is 1.91. The molecular weight excluding hydrogens is 180 g/mol. The summed E-state index contributed by atoms with van der Waals surface area (Å²) in [4.78, 5) is 2.15. The van der Waals surface area contributed by atoms with Crippen molar-refractivity contribution in [3.63, 3.8) is 0 Å². The van der Waals surface area contributed by atoms with Crippen molar-refractivity contribution in [2.45, 2.75) is 38.5 Å². The maximum Gasteiger partial charge on any atom is 0.166 e. The zero-order valence-electron chi connectivity index (χ0n) is 8.09. The fourth-order valence-electron chi connectivity index (χ4n) is 2.83. The lowest BCUT2D eigenvalue weighted by Crippen LogP contribution is -2.44. The Hall–Kier alpha value is -0.310. The topological polar surface area (TPSA) is 29.3 Å². The summed E-state index contributed by atoms with van der Waals surface area (Å²) in [5, 5.41) is 0.591. The van der Waals surface area contributed by atoms with Gasteiger partial charge < -0.3 is 10.6 Å². The van der Waals surface area contributed by atoms with Crippen LogP contribution in [0.3, 0.4) is 0 Å². The first-order chi connectivity index (χ1) is 6.22. The fraction of sp³-hybridized carbons (Fsp3) is 0.900. The Bertz CT molecular complexity index is 199. The maximum atomic E-state index is 5.61. The highest BCUT2D eigenvalue weighted by Crippen LogP contribution is 2.45. The average Bonchev–Trinajstić information content (AvgIpc) is 2.54. The van der Waals surface area contributed by atoms with E-state index in [1.165, 1.54) is 38.5 Å². The van der Waals surface area contributed by atoms with Gasteiger partial charge in [0.05, 0.1) is 0 Å². The second-order valence-corrected chi connectivity index (χ2v) is 4.95. The van der Waals surface area contributed by atoms with Crippen LogP contribution in [0, 0.1) is 5.41 Å². The van der Waals surface area contributed by atoms with Crippen molar-refractivity contribution in [2.75, 3.05) is 13.1 Å². The highest BCUT2D eigenvalue weighted by molar-refractivity contribution is 7.80. The van der Waals surface area contributed by atoms with E-state index in [0.717, 1.165) is 13.1 Å². The van der Waals surface area contributed by atoms with Crippen molar-refractivity contribution in [1.82, 2.24) is 4.90 Å². The molecule has 1 heterocycles. The standard InChI is InChI=1S/C10H18N2S/c11-9(13)12-7-5-10(6-8-12)3-1-2-4-10/h1-8H2,(H2,11,13). The predicted molar refractivity (Wildman–Crippen MR) is 58.5 cm³/mol. The predicted octanol–water partition coefficient (Wildman–Crippen LogP) is 1.89. The SMILES string of the molecule is NC(=S)N1CCC2(CCCC2)CC1. The number of piperidine rings is 1. The number of thiocarbonyl (C=S) groups is 1. The number of nitrogens with zero attached hydrogens (tertiary/aromatic N) is 1. The molecule has 0 aromatic carbocycles. The molecule has 1 saturated carbocycles. The molecule has 0 bridgehead atoms. The zero-order valence-corrected chi connectivity index (χ0v) is 8.91. The summed E-state index contributed by atoms with van der Waals surface area (Å²) in [6, 6.07) is 0. The van der Waals surface area contributed by atoms with Crippen molar-refractivity contribution >= 4 is 17.3 Å². The lowest BCUT2D eigenvalue weighted by atomic mass is 9.77. The maximum absolute atomic E-state index is 5.61. The van der Waals surface area contributed by atoms with Gasteiger partial charge in [-0.1, -0.05) is 12.8 Å². The van der Waals surface area contributed by atoms with E-state index < -0.39 is 0 Å². The first-order valence-corrected chi connectivity index (χ1v) is 5.67. The minimum atomic E-state index is 0.591. The lowest BCUT2D eigenvalue weighted by molar-refractivity contribution is 0.155. The van der Waals surface area contributed by atoms with Crippen LogP contribution in [-0.4, -0.2) is 23.1 Å². The smallest absolute Gasteiger partial charge is 0.166 e. The van der Waals surface area contributed by atoms with Gasteiger partial charge in [0.15, 0.2) is 5.11 Å². The number of likely N-dealkylation sites (tertiary alicyclic amines) is 1. The van der Waals surface area contributed by atoms with Gasteiger partial charge in [-0.05, 0) is 43.3 Å². The molecule has 3 heteroatoms. The summed E-state index contributed by atoms with van der Waals surface area (Å²) in [6.07, 6.45) is 8.38. The third-order valence-corrected chi connectivity index (χ3v) is 4.06. The van der Waals surface area contributed by atoms with E-state index in [2.05, 4.69) is 4.90 Å². The Morgan fingerprint density at radius 3 is 2.08 bits per heavy atom. The van der Waals surface area contributed by atoms with Gasteiger partial charge in [-0.2, -0.15) is 0 Å². The number of hydrogen-bond donors (Lipinski definition) is 1. The molecule has 13 heavy (non-hydrogen) atoms. The Labute approximate surface area is 85.5 Å². The summed E-state index contributed by atoms with van der Waals surface area (Å²) in [6.45, 7) is 2.19. The second-order valence-electron chi connectivity index (χ2n) is 4.53. The number of nitrogens with two attached hydrogens (primary N) is 1. The van der Waals surface area contributed by atoms with Crippen LogP contribution in [0.1, 0.15) is 38.5 Å². The van der Waals surface area contributed by atoms with Gasteiger partial charge in [-0.15, -0.1) is 0 Å². The largest absolute Gasteiger partial charge is 0.376 e. The van der Waals surface area contributed by atoms with E-state index in [9.17, 15) is 0 Å². The van der Waals surface area contributed by atoms with Gasteiger partial charge in [0.2, 0.25) is 0 Å². The molecule has 1 aliphatic heterocycles. The molecular formula is C10H18N2S. The second kappa shape index (κ2) is 3.45.